The van der Waals surface area contributed by atoms with Crippen LogP contribution in [0.15, 0.2) is 60.7 Å². The minimum Gasteiger partial charge on any atom is -0.379 e. The molecule has 30 heavy (non-hydrogen) atoms. The predicted octanol–water partition coefficient (Wildman–Crippen LogP) is 2.20. The monoisotopic (exact) mass is 405 g/mol. The molecule has 1 unspecified atom stereocenters. The number of hydrogen-bond acceptors (Lipinski definition) is 5. The Kier molecular flexibility index (Phi) is 6.51. The third kappa shape index (κ3) is 5.31. The van der Waals surface area contributed by atoms with Crippen LogP contribution in [0.2, 0.25) is 0 Å². The van der Waals surface area contributed by atoms with Crippen molar-refractivity contribution in [2.24, 2.45) is 7.05 Å². The molecule has 2 aromatic rings. The highest BCUT2D eigenvalue weighted by Crippen LogP contribution is 2.23. The Morgan fingerprint density at radius 1 is 1.33 bits per heavy atom. The van der Waals surface area contributed by atoms with Crippen LogP contribution in [-0.2, 0) is 16.6 Å². The van der Waals surface area contributed by atoms with Crippen LogP contribution in [0.25, 0.3) is 17.2 Å². The average Bonchev–Trinajstić information content (AvgIpc) is 3.21. The molecule has 2 aromatic heterocycles. The van der Waals surface area contributed by atoms with E-state index in [4.69, 9.17) is 4.74 Å². The van der Waals surface area contributed by atoms with Crippen molar-refractivity contribution in [1.82, 2.24) is 25.0 Å². The lowest BCUT2D eigenvalue weighted by Crippen LogP contribution is -2.38. The van der Waals surface area contributed by atoms with Crippen molar-refractivity contribution in [2.45, 2.75) is 12.5 Å². The van der Waals surface area contributed by atoms with Gasteiger partial charge in [0.05, 0.1) is 25.5 Å². The molecule has 1 fully saturated rings. The second kappa shape index (κ2) is 9.65. The van der Waals surface area contributed by atoms with E-state index in [1.807, 2.05) is 19.3 Å². The number of morpholine rings is 1. The van der Waals surface area contributed by atoms with Crippen LogP contribution in [0.3, 0.4) is 0 Å². The van der Waals surface area contributed by atoms with E-state index in [1.54, 1.807) is 35.4 Å². The highest BCUT2D eigenvalue weighted by atomic mass is 16.5. The Morgan fingerprint density at radius 3 is 2.93 bits per heavy atom. The summed E-state index contributed by atoms with van der Waals surface area (Å²) in [5.74, 6) is -0.115. The zero-order chi connectivity index (χ0) is 20.8. The molecule has 0 radical (unpaired) electrons. The third-order valence-corrected chi connectivity index (χ3v) is 5.30. The summed E-state index contributed by atoms with van der Waals surface area (Å²) in [5, 5.41) is 7.27. The maximum atomic E-state index is 12.4. The molecule has 0 bridgehead atoms. The molecular weight excluding hydrogens is 378 g/mol. The second-order valence-electron chi connectivity index (χ2n) is 7.58. The molecule has 3 heterocycles. The minimum atomic E-state index is -0.115. The Bertz CT molecular complexity index is 969. The topological polar surface area (TPSA) is 72.3 Å². The molecule has 0 spiro atoms. The molecule has 2 aliphatic rings. The van der Waals surface area contributed by atoms with Crippen molar-refractivity contribution >= 4 is 12.0 Å². The lowest BCUT2D eigenvalue weighted by Gasteiger charge is -2.28. The maximum Gasteiger partial charge on any atom is 0.244 e. The summed E-state index contributed by atoms with van der Waals surface area (Å²) in [5.41, 5.74) is 4.17. The number of aryl methyl sites for hydroxylation is 1. The van der Waals surface area contributed by atoms with E-state index < -0.39 is 0 Å². The molecule has 1 N–H and O–H groups in total. The molecule has 7 heteroatoms. The van der Waals surface area contributed by atoms with E-state index in [9.17, 15) is 4.79 Å². The van der Waals surface area contributed by atoms with Crippen molar-refractivity contribution in [2.75, 3.05) is 32.8 Å². The van der Waals surface area contributed by atoms with Crippen LogP contribution in [0.5, 0.6) is 0 Å². The zero-order valence-corrected chi connectivity index (χ0v) is 17.2. The fraction of sp³-hybridized carbons (Fsp3) is 0.348. The van der Waals surface area contributed by atoms with E-state index in [0.29, 0.717) is 0 Å². The predicted molar refractivity (Wildman–Crippen MR) is 117 cm³/mol. The molecule has 1 atom stereocenters. The van der Waals surface area contributed by atoms with Gasteiger partial charge in [0.1, 0.15) is 0 Å². The van der Waals surface area contributed by atoms with E-state index in [0.717, 1.165) is 56.0 Å². The molecule has 7 nitrogen and oxygen atoms in total. The summed E-state index contributed by atoms with van der Waals surface area (Å²) < 4.78 is 7.15. The number of aromatic nitrogens is 3. The minimum absolute atomic E-state index is 0.0160. The van der Waals surface area contributed by atoms with Gasteiger partial charge in [0.25, 0.3) is 0 Å². The molecular formula is C23H27N5O2. The number of nitrogens with one attached hydrogen (secondary N) is 1. The Morgan fingerprint density at radius 2 is 2.20 bits per heavy atom. The highest BCUT2D eigenvalue weighted by molar-refractivity contribution is 5.93. The van der Waals surface area contributed by atoms with Crippen LogP contribution >= 0.6 is 0 Å². The molecule has 1 saturated heterocycles. The van der Waals surface area contributed by atoms with Crippen molar-refractivity contribution in [3.63, 3.8) is 0 Å². The van der Waals surface area contributed by atoms with E-state index in [2.05, 4.69) is 38.5 Å². The van der Waals surface area contributed by atoms with Gasteiger partial charge in [-0.3, -0.25) is 19.4 Å². The molecule has 1 aliphatic heterocycles. The highest BCUT2D eigenvalue weighted by Gasteiger charge is 2.15. The van der Waals surface area contributed by atoms with Crippen molar-refractivity contribution in [3.8, 4) is 11.1 Å². The Balaban J connectivity index is 1.32. The fourth-order valence-corrected chi connectivity index (χ4v) is 3.67. The van der Waals surface area contributed by atoms with Crippen molar-refractivity contribution in [1.29, 1.82) is 0 Å². The third-order valence-electron chi connectivity index (χ3n) is 5.30. The molecule has 1 amide bonds. The first kappa shape index (κ1) is 20.3. The number of nitrogens with zero attached hydrogens (tertiary/aromatic N) is 4. The Hall–Kier alpha value is -3.03. The standard InChI is InChI=1S/C23H27N5O2/c1-27-17-20(15-25-27)22-8-9-24-14-19(22)4-7-23(29)26-21-5-2-18(3-6-21)16-28-10-12-30-13-11-28/h2-5,7-9,14-15,17,21H,6,10-13,16H2,1H3,(H,26,29)/b7-4+. The van der Waals surface area contributed by atoms with Gasteiger partial charge in [0, 0.05) is 62.5 Å². The quantitative estimate of drug-likeness (QED) is 0.746. The van der Waals surface area contributed by atoms with E-state index in [1.165, 1.54) is 5.57 Å². The van der Waals surface area contributed by atoms with Crippen LogP contribution in [0.1, 0.15) is 12.0 Å². The molecule has 0 saturated carbocycles. The van der Waals surface area contributed by atoms with Gasteiger partial charge in [-0.25, -0.2) is 0 Å². The molecule has 4 rings (SSSR count). The lowest BCUT2D eigenvalue weighted by molar-refractivity contribution is -0.116. The summed E-state index contributed by atoms with van der Waals surface area (Å²) >= 11 is 0. The van der Waals surface area contributed by atoms with E-state index >= 15 is 0 Å². The number of amides is 1. The number of hydrogen-bond donors (Lipinski definition) is 1. The summed E-state index contributed by atoms with van der Waals surface area (Å²) in [4.78, 5) is 19.0. The van der Waals surface area contributed by atoms with Gasteiger partial charge in [0.2, 0.25) is 5.91 Å². The van der Waals surface area contributed by atoms with Gasteiger partial charge in [0.15, 0.2) is 0 Å². The van der Waals surface area contributed by atoms with Gasteiger partial charge < -0.3 is 10.1 Å². The van der Waals surface area contributed by atoms with Crippen molar-refractivity contribution in [3.05, 3.63) is 66.3 Å². The first-order chi connectivity index (χ1) is 14.7. The fourth-order valence-electron chi connectivity index (χ4n) is 3.67. The van der Waals surface area contributed by atoms with Crippen molar-refractivity contribution < 1.29 is 9.53 Å². The molecule has 0 aromatic carbocycles. The van der Waals surface area contributed by atoms with Crippen LogP contribution in [-0.4, -0.2) is 64.5 Å². The summed E-state index contributed by atoms with van der Waals surface area (Å²) in [6.45, 7) is 4.51. The Labute approximate surface area is 176 Å². The molecule has 1 aliphatic carbocycles. The number of carbonyl (C=O) groups excluding carboxylic acids is 1. The first-order valence-electron chi connectivity index (χ1n) is 10.3. The second-order valence-corrected chi connectivity index (χ2v) is 7.58. The number of rotatable bonds is 6. The summed E-state index contributed by atoms with van der Waals surface area (Å²) in [6.07, 6.45) is 17.8. The van der Waals surface area contributed by atoms with Crippen LogP contribution in [0, 0.1) is 0 Å². The lowest BCUT2D eigenvalue weighted by atomic mass is 10.0. The number of pyridine rings is 1. The van der Waals surface area contributed by atoms with Gasteiger partial charge in [-0.05, 0) is 29.7 Å². The zero-order valence-electron chi connectivity index (χ0n) is 17.2. The maximum absolute atomic E-state index is 12.4. The van der Waals surface area contributed by atoms with Crippen LogP contribution < -0.4 is 5.32 Å². The average molecular weight is 406 g/mol. The van der Waals surface area contributed by atoms with Gasteiger partial charge in [-0.15, -0.1) is 0 Å². The largest absolute Gasteiger partial charge is 0.379 e. The van der Waals surface area contributed by atoms with Gasteiger partial charge >= 0.3 is 0 Å². The first-order valence-corrected chi connectivity index (χ1v) is 10.3. The number of carbonyl (C=O) groups is 1. The van der Waals surface area contributed by atoms with Gasteiger partial charge in [-0.2, -0.15) is 5.10 Å². The summed E-state index contributed by atoms with van der Waals surface area (Å²) in [6, 6.07) is 1.95. The van der Waals surface area contributed by atoms with Crippen LogP contribution in [0.4, 0.5) is 0 Å². The summed E-state index contributed by atoms with van der Waals surface area (Å²) in [7, 11) is 1.88. The SMILES string of the molecule is Cn1cc(-c2ccncc2/C=C/C(=O)NC2C=CC(CN3CCOCC3)=CC2)cn1. The normalized spacial score (nSPS) is 19.8. The van der Waals surface area contributed by atoms with E-state index in [-0.39, 0.29) is 11.9 Å². The number of ether oxygens (including phenoxy) is 1. The van der Waals surface area contributed by atoms with Gasteiger partial charge in [-0.1, -0.05) is 18.2 Å². The molecule has 156 valence electrons. The smallest absolute Gasteiger partial charge is 0.244 e.